The molecule has 2 saturated carbocycles. The van der Waals surface area contributed by atoms with Crippen LogP contribution in [0.2, 0.25) is 0 Å². The molecule has 4 atom stereocenters. The molecule has 0 aliphatic heterocycles. The maximum absolute atomic E-state index is 6.60. The Bertz CT molecular complexity index is 419. The summed E-state index contributed by atoms with van der Waals surface area (Å²) >= 11 is 0. The predicted molar refractivity (Wildman–Crippen MR) is 129 cm³/mol. The molecule has 0 heterocycles. The monoisotopic (exact) mass is 404 g/mol. The predicted octanol–water partition coefficient (Wildman–Crippen LogP) is 5.94. The molecule has 168 valence electrons. The van der Waals surface area contributed by atoms with Crippen molar-refractivity contribution in [2.75, 3.05) is 0 Å². The molecule has 0 aromatic heterocycles. The molecule has 0 saturated heterocycles. The smallest absolute Gasteiger partial charge is 0.0102 e. The van der Waals surface area contributed by atoms with Crippen molar-refractivity contribution in [1.82, 2.24) is 12.3 Å². The molecule has 4 unspecified atom stereocenters. The molecule has 29 heavy (non-hydrogen) atoms. The highest BCUT2D eigenvalue weighted by atomic mass is 14.7. The minimum atomic E-state index is 0. The summed E-state index contributed by atoms with van der Waals surface area (Å²) in [6, 6.07) is 0.582. The highest BCUT2D eigenvalue weighted by Gasteiger charge is 2.38. The average molecular weight is 405 g/mol. The normalized spacial score (nSPS) is 36.8. The largest absolute Gasteiger partial charge is 0.344 e. The molecular weight excluding hydrogens is 356 g/mol. The van der Waals surface area contributed by atoms with Crippen LogP contribution < -0.4 is 23.8 Å². The summed E-state index contributed by atoms with van der Waals surface area (Å²) in [5, 5.41) is 0. The van der Waals surface area contributed by atoms with Crippen LogP contribution in [-0.2, 0) is 0 Å². The third-order valence-electron chi connectivity index (χ3n) is 7.27. The van der Waals surface area contributed by atoms with Crippen molar-refractivity contribution < 1.29 is 0 Å². The lowest BCUT2D eigenvalue weighted by Crippen LogP contribution is -2.45. The zero-order valence-electron chi connectivity index (χ0n) is 18.7. The lowest BCUT2D eigenvalue weighted by Gasteiger charge is -2.44. The lowest BCUT2D eigenvalue weighted by atomic mass is 9.63. The van der Waals surface area contributed by atoms with E-state index >= 15 is 0 Å². The molecule has 2 aliphatic carbocycles. The molecular formula is C25H48N4. The van der Waals surface area contributed by atoms with E-state index in [4.69, 9.17) is 11.5 Å². The Kier molecular flexibility index (Phi) is 13.3. The van der Waals surface area contributed by atoms with Crippen molar-refractivity contribution in [3.05, 3.63) is 50.6 Å². The van der Waals surface area contributed by atoms with Gasteiger partial charge in [-0.05, 0) is 93.3 Å². The van der Waals surface area contributed by atoms with E-state index in [1.54, 1.807) is 0 Å². The summed E-state index contributed by atoms with van der Waals surface area (Å²) in [6.45, 7) is 15.8. The van der Waals surface area contributed by atoms with Crippen LogP contribution in [0.5, 0.6) is 0 Å². The van der Waals surface area contributed by atoms with Crippen LogP contribution in [0.1, 0.15) is 57.8 Å². The van der Waals surface area contributed by atoms with Crippen molar-refractivity contribution >= 4 is 0 Å². The van der Waals surface area contributed by atoms with Gasteiger partial charge in [-0.2, -0.15) is 0 Å². The molecule has 4 heteroatoms. The molecule has 2 rings (SSSR count). The van der Waals surface area contributed by atoms with Gasteiger partial charge in [-0.1, -0.05) is 24.3 Å². The Morgan fingerprint density at radius 1 is 0.552 bits per heavy atom. The number of rotatable bonds is 10. The fraction of sp³-hybridized carbons (Fsp3) is 0.680. The van der Waals surface area contributed by atoms with Crippen LogP contribution in [0.15, 0.2) is 50.6 Å². The molecule has 4 nitrogen and oxygen atoms in total. The second-order valence-electron chi connectivity index (χ2n) is 9.20. The lowest BCUT2D eigenvalue weighted by molar-refractivity contribution is 0.101. The Hall–Kier alpha value is -1.20. The number of allylic oxidation sites excluding steroid dienone is 4. The van der Waals surface area contributed by atoms with Crippen LogP contribution in [-0.4, -0.2) is 12.1 Å². The van der Waals surface area contributed by atoms with Crippen molar-refractivity contribution in [1.29, 1.82) is 0 Å². The molecule has 10 N–H and O–H groups in total. The standard InChI is InChI=1S/C25H42N2.2H3N/c1-5-9-20-14-18(15-21(10-6-2)24(20)26)13-19-16-22(11-7-3)25(27)23(17-19)12-8-4;;/h5-8,18-25H,1-4,9-17,26-27H2;2*1H3. The Morgan fingerprint density at radius 2 is 0.793 bits per heavy atom. The Balaban J connectivity index is 0.00000392. The van der Waals surface area contributed by atoms with E-state index in [0.29, 0.717) is 35.8 Å². The van der Waals surface area contributed by atoms with Gasteiger partial charge in [-0.15, -0.1) is 26.3 Å². The van der Waals surface area contributed by atoms with Crippen LogP contribution in [0.25, 0.3) is 0 Å². The first-order valence-corrected chi connectivity index (χ1v) is 11.0. The summed E-state index contributed by atoms with van der Waals surface area (Å²) in [4.78, 5) is 0. The summed E-state index contributed by atoms with van der Waals surface area (Å²) in [5.74, 6) is 3.84. The minimum Gasteiger partial charge on any atom is -0.344 e. The van der Waals surface area contributed by atoms with Crippen LogP contribution in [0.4, 0.5) is 0 Å². The molecule has 2 aliphatic rings. The summed E-state index contributed by atoms with van der Waals surface area (Å²) in [7, 11) is 0. The topological polar surface area (TPSA) is 122 Å². The molecule has 0 bridgehead atoms. The van der Waals surface area contributed by atoms with E-state index < -0.39 is 0 Å². The summed E-state index contributed by atoms with van der Waals surface area (Å²) in [5.41, 5.74) is 13.2. The van der Waals surface area contributed by atoms with Crippen molar-refractivity contribution in [2.45, 2.75) is 69.9 Å². The van der Waals surface area contributed by atoms with E-state index in [1.807, 2.05) is 0 Å². The van der Waals surface area contributed by atoms with Gasteiger partial charge in [0.1, 0.15) is 0 Å². The summed E-state index contributed by atoms with van der Waals surface area (Å²) < 4.78 is 0. The van der Waals surface area contributed by atoms with Gasteiger partial charge in [0.25, 0.3) is 0 Å². The first kappa shape index (κ1) is 27.8. The van der Waals surface area contributed by atoms with Crippen molar-refractivity contribution in [3.8, 4) is 0 Å². The van der Waals surface area contributed by atoms with E-state index in [9.17, 15) is 0 Å². The highest BCUT2D eigenvalue weighted by molar-refractivity contribution is 4.97. The zero-order chi connectivity index (χ0) is 19.8. The molecule has 0 radical (unpaired) electrons. The number of nitrogens with two attached hydrogens (primary N) is 2. The Morgan fingerprint density at radius 3 is 1.00 bits per heavy atom. The fourth-order valence-electron chi connectivity index (χ4n) is 6.03. The van der Waals surface area contributed by atoms with E-state index in [2.05, 4.69) is 50.6 Å². The van der Waals surface area contributed by atoms with Gasteiger partial charge in [0, 0.05) is 12.1 Å². The molecule has 0 aromatic carbocycles. The quantitative estimate of drug-likeness (QED) is 0.336. The maximum Gasteiger partial charge on any atom is 0.0102 e. The fourth-order valence-corrected chi connectivity index (χ4v) is 6.03. The van der Waals surface area contributed by atoms with Gasteiger partial charge in [-0.25, -0.2) is 0 Å². The number of hydrogen-bond donors (Lipinski definition) is 4. The van der Waals surface area contributed by atoms with Crippen LogP contribution >= 0.6 is 0 Å². The third-order valence-corrected chi connectivity index (χ3v) is 7.27. The average Bonchev–Trinajstić information content (AvgIpc) is 2.63. The molecule has 0 amide bonds. The first-order valence-electron chi connectivity index (χ1n) is 11.0. The maximum atomic E-state index is 6.60. The van der Waals surface area contributed by atoms with Crippen molar-refractivity contribution in [3.63, 3.8) is 0 Å². The van der Waals surface area contributed by atoms with Crippen LogP contribution in [0, 0.1) is 35.5 Å². The van der Waals surface area contributed by atoms with Gasteiger partial charge >= 0.3 is 0 Å². The van der Waals surface area contributed by atoms with Gasteiger partial charge in [0.2, 0.25) is 0 Å². The third kappa shape index (κ3) is 7.53. The molecule has 0 aromatic rings. The first-order chi connectivity index (χ1) is 13.0. The summed E-state index contributed by atoms with van der Waals surface area (Å²) in [6.07, 6.45) is 18.7. The SMILES string of the molecule is C=CCC1CC(CC2CC(CC=C)C(N)C(CC=C)C2)CC(CC=C)C1N.N.N. The molecule has 0 spiro atoms. The van der Waals surface area contributed by atoms with Crippen LogP contribution in [0.3, 0.4) is 0 Å². The van der Waals surface area contributed by atoms with Crippen molar-refractivity contribution in [2.24, 2.45) is 47.0 Å². The molecule has 2 fully saturated rings. The second-order valence-corrected chi connectivity index (χ2v) is 9.20. The van der Waals surface area contributed by atoms with E-state index in [0.717, 1.165) is 37.5 Å². The van der Waals surface area contributed by atoms with Gasteiger partial charge < -0.3 is 23.8 Å². The van der Waals surface area contributed by atoms with E-state index in [1.165, 1.54) is 32.1 Å². The minimum absolute atomic E-state index is 0. The Labute approximate surface area is 180 Å². The number of hydrogen-bond acceptors (Lipinski definition) is 4. The van der Waals surface area contributed by atoms with Gasteiger partial charge in [0.05, 0.1) is 0 Å². The van der Waals surface area contributed by atoms with E-state index in [-0.39, 0.29) is 12.3 Å². The zero-order valence-corrected chi connectivity index (χ0v) is 18.7. The second kappa shape index (κ2) is 13.9. The van der Waals surface area contributed by atoms with Gasteiger partial charge in [0.15, 0.2) is 0 Å². The highest BCUT2D eigenvalue weighted by Crippen LogP contribution is 2.44. The van der Waals surface area contributed by atoms with Gasteiger partial charge in [-0.3, -0.25) is 0 Å².